The molecule has 0 spiro atoms. The lowest BCUT2D eigenvalue weighted by molar-refractivity contribution is -0.295. The van der Waals surface area contributed by atoms with Gasteiger partial charge in [0.2, 0.25) is 0 Å². The van der Waals surface area contributed by atoms with Crippen LogP contribution in [0.1, 0.15) is 27.0 Å². The molecule has 8 heteroatoms. The van der Waals surface area contributed by atoms with E-state index in [0.29, 0.717) is 34.5 Å². The summed E-state index contributed by atoms with van der Waals surface area (Å²) in [6.45, 7) is 0.609. The minimum Gasteiger partial charge on any atom is -0.545 e. The van der Waals surface area contributed by atoms with Gasteiger partial charge in [-0.05, 0) is 59.2 Å². The minimum absolute atomic E-state index is 0.120. The molecule has 0 amide bonds. The van der Waals surface area contributed by atoms with Crippen molar-refractivity contribution in [3.63, 3.8) is 0 Å². The first-order valence-electron chi connectivity index (χ1n) is 10.6. The molecule has 5 rings (SSSR count). The average molecular weight is 472 g/mol. The number of hydrogen-bond donors (Lipinski definition) is 0. The highest BCUT2D eigenvalue weighted by Crippen LogP contribution is 2.31. The van der Waals surface area contributed by atoms with Crippen LogP contribution in [0.4, 0.5) is 0 Å². The van der Waals surface area contributed by atoms with Gasteiger partial charge in [0.15, 0.2) is 5.78 Å². The molecule has 0 aliphatic carbocycles. The molecule has 1 aliphatic rings. The van der Waals surface area contributed by atoms with Gasteiger partial charge in [-0.2, -0.15) is 8.75 Å². The molecule has 0 N–H and O–H groups in total. The Hall–Kier alpha value is -4.04. The highest BCUT2D eigenvalue weighted by molar-refractivity contribution is 7.00. The molecule has 0 bridgehead atoms. The number of allylic oxidation sites excluding steroid dienone is 1. The van der Waals surface area contributed by atoms with Gasteiger partial charge in [-0.3, -0.25) is 4.79 Å². The second-order valence-electron chi connectivity index (χ2n) is 7.88. The number of ketones is 1. The first-order valence-corrected chi connectivity index (χ1v) is 11.4. The summed E-state index contributed by atoms with van der Waals surface area (Å²) in [5.41, 5.74) is 3.76. The summed E-state index contributed by atoms with van der Waals surface area (Å²) in [6, 6.07) is 17.2. The molecule has 4 aromatic rings. The van der Waals surface area contributed by atoms with Crippen molar-refractivity contribution in [2.24, 2.45) is 0 Å². The fraction of sp³-hybridized carbons (Fsp3) is 0.154. The van der Waals surface area contributed by atoms with E-state index in [-0.39, 0.29) is 17.6 Å². The number of carbonyl (C=O) groups excluding carboxylic acids is 2. The van der Waals surface area contributed by atoms with Crippen molar-refractivity contribution in [1.29, 1.82) is 0 Å². The van der Waals surface area contributed by atoms with E-state index in [9.17, 15) is 14.7 Å². The molecule has 0 atom stereocenters. The third-order valence-corrected chi connectivity index (χ3v) is 6.37. The molecule has 170 valence electrons. The Morgan fingerprint density at radius 3 is 2.53 bits per heavy atom. The summed E-state index contributed by atoms with van der Waals surface area (Å²) in [7, 11) is 1.54. The molecule has 1 aromatic heterocycles. The van der Waals surface area contributed by atoms with Crippen LogP contribution < -0.4 is 14.6 Å². The molecule has 0 saturated carbocycles. The third-order valence-electron chi connectivity index (χ3n) is 5.81. The Balaban J connectivity index is 1.65. The zero-order valence-corrected chi connectivity index (χ0v) is 19.1. The van der Waals surface area contributed by atoms with E-state index in [2.05, 4.69) is 8.75 Å². The van der Waals surface area contributed by atoms with Crippen molar-refractivity contribution in [3.05, 3.63) is 88.5 Å². The predicted molar refractivity (Wildman–Crippen MR) is 126 cm³/mol. The largest absolute Gasteiger partial charge is 0.545 e. The second-order valence-corrected chi connectivity index (χ2v) is 8.41. The Morgan fingerprint density at radius 1 is 1.00 bits per heavy atom. The first-order chi connectivity index (χ1) is 16.5. The van der Waals surface area contributed by atoms with Crippen molar-refractivity contribution in [2.45, 2.75) is 12.8 Å². The number of fused-ring (bicyclic) bond motifs is 2. The van der Waals surface area contributed by atoms with Crippen LogP contribution in [0.25, 0.3) is 16.6 Å². The first kappa shape index (κ1) is 21.8. The van der Waals surface area contributed by atoms with Gasteiger partial charge in [-0.25, -0.2) is 0 Å². The second kappa shape index (κ2) is 9.07. The zero-order valence-electron chi connectivity index (χ0n) is 18.2. The van der Waals surface area contributed by atoms with Crippen LogP contribution in [0.5, 0.6) is 11.5 Å². The Morgan fingerprint density at radius 2 is 1.76 bits per heavy atom. The SMILES string of the molecule is COc1ccc(C(=O)/C(Cc2ccc3c(c2)CCO3)=C(\C(=O)[O-])c2ccc3nsnc3c2)cc1. The molecule has 34 heavy (non-hydrogen) atoms. The summed E-state index contributed by atoms with van der Waals surface area (Å²) in [5.74, 6) is -0.404. The number of carbonyl (C=O) groups is 2. The van der Waals surface area contributed by atoms with Crippen molar-refractivity contribution in [1.82, 2.24) is 8.75 Å². The van der Waals surface area contributed by atoms with E-state index in [4.69, 9.17) is 9.47 Å². The maximum absolute atomic E-state index is 13.7. The van der Waals surface area contributed by atoms with Gasteiger partial charge in [0, 0.05) is 29.6 Å². The van der Waals surface area contributed by atoms with Crippen molar-refractivity contribution >= 4 is 40.1 Å². The van der Waals surface area contributed by atoms with E-state index in [1.807, 2.05) is 18.2 Å². The van der Waals surface area contributed by atoms with Crippen LogP contribution in [0.3, 0.4) is 0 Å². The quantitative estimate of drug-likeness (QED) is 0.301. The van der Waals surface area contributed by atoms with E-state index in [1.54, 1.807) is 42.5 Å². The van der Waals surface area contributed by atoms with E-state index >= 15 is 0 Å². The minimum atomic E-state index is -1.43. The van der Waals surface area contributed by atoms with Crippen LogP contribution in [0.2, 0.25) is 0 Å². The molecule has 0 saturated heterocycles. The standard InChI is InChI=1S/C26H20N2O5S/c1-32-19-6-3-16(4-7-19)25(29)20(13-15-2-9-23-17(12-15)10-11-33-23)24(26(30)31)18-5-8-21-22(14-18)28-34-27-21/h2-9,12,14H,10-11,13H2,1H3,(H,30,31)/p-1/b24-20-. The summed E-state index contributed by atoms with van der Waals surface area (Å²) in [6.07, 6.45) is 0.893. The topological polar surface area (TPSA) is 101 Å². The molecule has 0 radical (unpaired) electrons. The van der Waals surface area contributed by atoms with E-state index < -0.39 is 11.8 Å². The highest BCUT2D eigenvalue weighted by atomic mass is 32.1. The number of ether oxygens (including phenoxy) is 2. The molecular weight excluding hydrogens is 452 g/mol. The third kappa shape index (κ3) is 4.15. The number of hydrogen-bond acceptors (Lipinski definition) is 8. The Kier molecular flexibility index (Phi) is 5.81. The number of benzene rings is 3. The lowest BCUT2D eigenvalue weighted by Gasteiger charge is -2.17. The van der Waals surface area contributed by atoms with Crippen LogP contribution in [-0.4, -0.2) is 34.2 Å². The smallest absolute Gasteiger partial charge is 0.190 e. The van der Waals surface area contributed by atoms with Crippen LogP contribution in [0, 0.1) is 0 Å². The number of Topliss-reactive ketones (excluding diaryl/α,β-unsaturated/α-hetero) is 1. The fourth-order valence-electron chi connectivity index (χ4n) is 4.11. The van der Waals surface area contributed by atoms with Gasteiger partial charge >= 0.3 is 0 Å². The normalized spacial score (nSPS) is 13.2. The van der Waals surface area contributed by atoms with Crippen LogP contribution in [0.15, 0.2) is 66.2 Å². The van der Waals surface area contributed by atoms with Gasteiger partial charge in [-0.15, -0.1) is 0 Å². The number of aromatic nitrogens is 2. The Labute approximate surface area is 199 Å². The molecular formula is C26H19N2O5S-. The summed E-state index contributed by atoms with van der Waals surface area (Å²) >= 11 is 1.04. The predicted octanol–water partition coefficient (Wildman–Crippen LogP) is 3.26. The van der Waals surface area contributed by atoms with Crippen LogP contribution >= 0.6 is 11.7 Å². The van der Waals surface area contributed by atoms with E-state index in [1.165, 1.54) is 7.11 Å². The number of rotatable bonds is 7. The molecule has 7 nitrogen and oxygen atoms in total. The van der Waals surface area contributed by atoms with E-state index in [0.717, 1.165) is 35.0 Å². The number of carboxylic acid groups (broad SMARTS) is 1. The highest BCUT2D eigenvalue weighted by Gasteiger charge is 2.22. The number of nitrogens with zero attached hydrogens (tertiary/aromatic N) is 2. The van der Waals surface area contributed by atoms with Gasteiger partial charge in [-0.1, -0.05) is 18.2 Å². The van der Waals surface area contributed by atoms with Crippen molar-refractivity contribution < 1.29 is 24.2 Å². The molecule has 0 fully saturated rings. The van der Waals surface area contributed by atoms with Gasteiger partial charge < -0.3 is 19.4 Å². The van der Waals surface area contributed by atoms with Gasteiger partial charge in [0.1, 0.15) is 22.5 Å². The summed E-state index contributed by atoms with van der Waals surface area (Å²) < 4.78 is 19.1. The lowest BCUT2D eigenvalue weighted by atomic mass is 9.89. The maximum Gasteiger partial charge on any atom is 0.190 e. The van der Waals surface area contributed by atoms with Gasteiger partial charge in [0.25, 0.3) is 0 Å². The maximum atomic E-state index is 13.7. The monoisotopic (exact) mass is 471 g/mol. The molecule has 1 aliphatic heterocycles. The molecule has 3 aromatic carbocycles. The molecule has 2 heterocycles. The number of aliphatic carboxylic acids is 1. The average Bonchev–Trinajstić information content (AvgIpc) is 3.51. The molecule has 0 unspecified atom stereocenters. The van der Waals surface area contributed by atoms with Crippen LogP contribution in [-0.2, 0) is 17.6 Å². The van der Waals surface area contributed by atoms with Crippen molar-refractivity contribution in [2.75, 3.05) is 13.7 Å². The summed E-state index contributed by atoms with van der Waals surface area (Å²) in [5, 5.41) is 12.4. The summed E-state index contributed by atoms with van der Waals surface area (Å²) in [4.78, 5) is 26.1. The fourth-order valence-corrected chi connectivity index (χ4v) is 4.62. The number of carboxylic acids is 1. The van der Waals surface area contributed by atoms with Crippen molar-refractivity contribution in [3.8, 4) is 11.5 Å². The Bertz CT molecular complexity index is 1440. The van der Waals surface area contributed by atoms with Gasteiger partial charge in [0.05, 0.1) is 31.4 Å². The zero-order chi connectivity index (χ0) is 23.7. The number of methoxy groups -OCH3 is 1. The lowest BCUT2D eigenvalue weighted by Crippen LogP contribution is -2.27.